The van der Waals surface area contributed by atoms with Gasteiger partial charge >= 0.3 is 5.97 Å². The molecule has 0 radical (unpaired) electrons. The maximum atomic E-state index is 12.4. The zero-order valence-corrected chi connectivity index (χ0v) is 17.8. The molecule has 6 nitrogen and oxygen atoms in total. The molecule has 7 heteroatoms. The third-order valence-electron chi connectivity index (χ3n) is 4.46. The van der Waals surface area contributed by atoms with Crippen LogP contribution in [0.5, 0.6) is 0 Å². The van der Waals surface area contributed by atoms with Crippen molar-refractivity contribution in [1.82, 2.24) is 9.78 Å². The number of esters is 1. The molecular weight excluding hydrogens is 404 g/mol. The van der Waals surface area contributed by atoms with Gasteiger partial charge in [-0.3, -0.25) is 0 Å². The van der Waals surface area contributed by atoms with E-state index in [0.29, 0.717) is 22.0 Å². The molecule has 0 saturated carbocycles. The van der Waals surface area contributed by atoms with Crippen LogP contribution in [-0.2, 0) is 27.4 Å². The Balaban J connectivity index is 2.01. The Morgan fingerprint density at radius 2 is 1.70 bits per heavy atom. The zero-order chi connectivity index (χ0) is 21.5. The van der Waals surface area contributed by atoms with Crippen LogP contribution in [0.15, 0.2) is 48.5 Å². The standard InChI is InChI=1S/C23H23ClN2O4/c1-28-14-20-22(23(27)30-3)21(15-29-2)26(25-20)19-6-4-5-17(13-19)8-7-16-9-11-18(24)12-10-16/h4-13H,14-15H2,1-3H3. The summed E-state index contributed by atoms with van der Waals surface area (Å²) >= 11 is 5.94. The van der Waals surface area contributed by atoms with E-state index >= 15 is 0 Å². The van der Waals surface area contributed by atoms with E-state index in [0.717, 1.165) is 16.8 Å². The highest BCUT2D eigenvalue weighted by atomic mass is 35.5. The smallest absolute Gasteiger partial charge is 0.341 e. The van der Waals surface area contributed by atoms with Crippen molar-refractivity contribution in [2.45, 2.75) is 13.2 Å². The van der Waals surface area contributed by atoms with Crippen molar-refractivity contribution < 1.29 is 19.0 Å². The number of benzene rings is 2. The minimum Gasteiger partial charge on any atom is -0.465 e. The molecule has 0 aliphatic carbocycles. The first-order chi connectivity index (χ1) is 14.6. The summed E-state index contributed by atoms with van der Waals surface area (Å²) in [6, 6.07) is 15.4. The van der Waals surface area contributed by atoms with E-state index in [1.54, 1.807) is 18.9 Å². The van der Waals surface area contributed by atoms with E-state index in [2.05, 4.69) is 5.10 Å². The average molecular weight is 427 g/mol. The Labute approximate surface area is 180 Å². The number of nitrogens with zero attached hydrogens (tertiary/aromatic N) is 2. The Morgan fingerprint density at radius 3 is 2.37 bits per heavy atom. The second-order valence-electron chi connectivity index (χ2n) is 6.52. The molecule has 30 heavy (non-hydrogen) atoms. The van der Waals surface area contributed by atoms with Crippen LogP contribution < -0.4 is 0 Å². The summed E-state index contributed by atoms with van der Waals surface area (Å²) < 4.78 is 17.2. The summed E-state index contributed by atoms with van der Waals surface area (Å²) in [5, 5.41) is 5.30. The molecule has 0 aliphatic rings. The highest BCUT2D eigenvalue weighted by molar-refractivity contribution is 6.30. The van der Waals surface area contributed by atoms with Crippen molar-refractivity contribution in [3.05, 3.63) is 81.6 Å². The van der Waals surface area contributed by atoms with Gasteiger partial charge in [0.25, 0.3) is 0 Å². The van der Waals surface area contributed by atoms with Gasteiger partial charge in [-0.2, -0.15) is 5.10 Å². The molecule has 2 aromatic carbocycles. The van der Waals surface area contributed by atoms with Gasteiger partial charge in [-0.15, -0.1) is 0 Å². The summed E-state index contributed by atoms with van der Waals surface area (Å²) in [6.07, 6.45) is 4.01. The summed E-state index contributed by atoms with van der Waals surface area (Å²) in [7, 11) is 4.47. The predicted octanol–water partition coefficient (Wildman–Crippen LogP) is 4.78. The third-order valence-corrected chi connectivity index (χ3v) is 4.71. The topological polar surface area (TPSA) is 62.6 Å². The Morgan fingerprint density at radius 1 is 1.00 bits per heavy atom. The molecule has 0 spiro atoms. The lowest BCUT2D eigenvalue weighted by Crippen LogP contribution is -2.10. The molecule has 0 unspecified atom stereocenters. The van der Waals surface area contributed by atoms with E-state index < -0.39 is 5.97 Å². The van der Waals surface area contributed by atoms with Crippen molar-refractivity contribution >= 4 is 29.7 Å². The van der Waals surface area contributed by atoms with Gasteiger partial charge in [-0.05, 0) is 35.4 Å². The van der Waals surface area contributed by atoms with Crippen LogP contribution >= 0.6 is 11.6 Å². The molecule has 1 heterocycles. The fraction of sp³-hybridized carbons (Fsp3) is 0.217. The number of carbonyl (C=O) groups excluding carboxylic acids is 1. The van der Waals surface area contributed by atoms with Crippen LogP contribution in [0.1, 0.15) is 32.9 Å². The minimum absolute atomic E-state index is 0.185. The van der Waals surface area contributed by atoms with Gasteiger partial charge in [-0.1, -0.05) is 48.0 Å². The molecule has 0 N–H and O–H groups in total. The zero-order valence-electron chi connectivity index (χ0n) is 17.1. The van der Waals surface area contributed by atoms with Crippen molar-refractivity contribution in [1.29, 1.82) is 0 Å². The first-order valence-electron chi connectivity index (χ1n) is 9.28. The number of halogens is 1. The van der Waals surface area contributed by atoms with Crippen LogP contribution in [0, 0.1) is 0 Å². The number of hydrogen-bond acceptors (Lipinski definition) is 5. The molecule has 0 saturated heterocycles. The maximum absolute atomic E-state index is 12.4. The van der Waals surface area contributed by atoms with E-state index in [9.17, 15) is 4.79 Å². The first-order valence-corrected chi connectivity index (χ1v) is 9.66. The van der Waals surface area contributed by atoms with E-state index in [4.69, 9.17) is 25.8 Å². The molecule has 156 valence electrons. The minimum atomic E-state index is -0.473. The Hall–Kier alpha value is -2.93. The summed E-state index contributed by atoms with van der Waals surface area (Å²) in [5.41, 5.74) is 4.29. The van der Waals surface area contributed by atoms with Gasteiger partial charge in [0.1, 0.15) is 11.3 Å². The molecule has 0 aliphatic heterocycles. The molecule has 1 aromatic heterocycles. The van der Waals surface area contributed by atoms with Gasteiger partial charge < -0.3 is 14.2 Å². The molecule has 0 fully saturated rings. The molecule has 3 rings (SSSR count). The van der Waals surface area contributed by atoms with Crippen LogP contribution in [-0.4, -0.2) is 37.1 Å². The molecule has 0 amide bonds. The molecular formula is C23H23ClN2O4. The van der Waals surface area contributed by atoms with Crippen molar-refractivity contribution in [2.24, 2.45) is 0 Å². The lowest BCUT2D eigenvalue weighted by atomic mass is 10.1. The Kier molecular flexibility index (Phi) is 7.41. The maximum Gasteiger partial charge on any atom is 0.341 e. The fourth-order valence-electron chi connectivity index (χ4n) is 3.09. The molecule has 0 atom stereocenters. The van der Waals surface area contributed by atoms with Crippen molar-refractivity contribution in [3.63, 3.8) is 0 Å². The SMILES string of the molecule is COCc1nn(-c2cccc(C=Cc3ccc(Cl)cc3)c2)c(COC)c1C(=O)OC. The van der Waals surface area contributed by atoms with E-state index in [-0.39, 0.29) is 13.2 Å². The van der Waals surface area contributed by atoms with E-state index in [1.165, 1.54) is 7.11 Å². The van der Waals surface area contributed by atoms with Crippen molar-refractivity contribution in [3.8, 4) is 5.69 Å². The summed E-state index contributed by atoms with van der Waals surface area (Å²) in [6.45, 7) is 0.385. The third kappa shape index (κ3) is 4.97. The lowest BCUT2D eigenvalue weighted by molar-refractivity contribution is 0.0590. The highest BCUT2D eigenvalue weighted by Gasteiger charge is 2.25. The van der Waals surface area contributed by atoms with Crippen molar-refractivity contribution in [2.75, 3.05) is 21.3 Å². The van der Waals surface area contributed by atoms with Crippen LogP contribution in [0.4, 0.5) is 0 Å². The van der Waals surface area contributed by atoms with Gasteiger partial charge in [0, 0.05) is 19.2 Å². The second kappa shape index (κ2) is 10.2. The number of carbonyl (C=O) groups is 1. The lowest BCUT2D eigenvalue weighted by Gasteiger charge is -2.09. The van der Waals surface area contributed by atoms with Gasteiger partial charge in [0.05, 0.1) is 31.7 Å². The second-order valence-corrected chi connectivity index (χ2v) is 6.95. The normalized spacial score (nSPS) is 11.2. The number of rotatable bonds is 8. The highest BCUT2D eigenvalue weighted by Crippen LogP contribution is 2.23. The monoisotopic (exact) mass is 426 g/mol. The fourth-order valence-corrected chi connectivity index (χ4v) is 3.22. The first kappa shape index (κ1) is 21.8. The quantitative estimate of drug-likeness (QED) is 0.383. The van der Waals surface area contributed by atoms with Crippen LogP contribution in [0.2, 0.25) is 5.02 Å². The van der Waals surface area contributed by atoms with E-state index in [1.807, 2.05) is 60.7 Å². The number of hydrogen-bond donors (Lipinski definition) is 0. The van der Waals surface area contributed by atoms with Crippen LogP contribution in [0.3, 0.4) is 0 Å². The average Bonchev–Trinajstić information content (AvgIpc) is 3.11. The molecule has 0 bridgehead atoms. The largest absolute Gasteiger partial charge is 0.465 e. The molecule has 3 aromatic rings. The predicted molar refractivity (Wildman–Crippen MR) is 117 cm³/mol. The Bertz CT molecular complexity index is 1040. The van der Waals surface area contributed by atoms with Crippen LogP contribution in [0.25, 0.3) is 17.8 Å². The summed E-state index contributed by atoms with van der Waals surface area (Å²) in [4.78, 5) is 12.4. The van der Waals surface area contributed by atoms with Gasteiger partial charge in [0.2, 0.25) is 0 Å². The van der Waals surface area contributed by atoms with Gasteiger partial charge in [0.15, 0.2) is 0 Å². The number of ether oxygens (including phenoxy) is 3. The number of aromatic nitrogens is 2. The number of methoxy groups -OCH3 is 3. The summed E-state index contributed by atoms with van der Waals surface area (Å²) in [5.74, 6) is -0.473. The van der Waals surface area contributed by atoms with Gasteiger partial charge in [-0.25, -0.2) is 9.48 Å².